The maximum atomic E-state index is 11.5. The monoisotopic (exact) mass is 322 g/mol. The second kappa shape index (κ2) is 5.82. The number of nitrogens with zero attached hydrogens (tertiary/aromatic N) is 2. The first kappa shape index (κ1) is 15.2. The summed E-state index contributed by atoms with van der Waals surface area (Å²) in [5.41, 5.74) is 4.31. The van der Waals surface area contributed by atoms with Crippen molar-refractivity contribution in [2.45, 2.75) is 11.3 Å². The molecule has 0 unspecified atom stereocenters. The van der Waals surface area contributed by atoms with Crippen LogP contribution < -0.4 is 0 Å². The molecule has 114 valence electrons. The molecule has 0 atom stereocenters. The van der Waals surface area contributed by atoms with E-state index in [1.165, 1.54) is 6.26 Å². The van der Waals surface area contributed by atoms with E-state index in [2.05, 4.69) is 23.2 Å². The Hall–Kier alpha value is -2.71. The Labute approximate surface area is 135 Å². The van der Waals surface area contributed by atoms with Crippen molar-refractivity contribution in [3.8, 4) is 6.07 Å². The number of hydrogen-bond donors (Lipinski definition) is 0. The summed E-state index contributed by atoms with van der Waals surface area (Å²) >= 11 is 0. The smallest absolute Gasteiger partial charge is 0.175 e. The molecule has 1 aliphatic carbocycles. The maximum absolute atomic E-state index is 11.5. The van der Waals surface area contributed by atoms with Gasteiger partial charge in [-0.2, -0.15) is 5.26 Å². The van der Waals surface area contributed by atoms with E-state index >= 15 is 0 Å². The minimum absolute atomic E-state index is 0.307. The Bertz CT molecular complexity index is 946. The Morgan fingerprint density at radius 1 is 1.04 bits per heavy atom. The number of allylic oxidation sites excluding steroid dienone is 4. The first-order valence-corrected chi connectivity index (χ1v) is 8.96. The van der Waals surface area contributed by atoms with Gasteiger partial charge in [-0.25, -0.2) is 8.42 Å². The molecule has 1 aliphatic rings. The standard InChI is InChI=1S/C18H14N2O2S/c1-23(21,22)15-8-6-14(7-9-15)16-3-2-4-17(16)18-10-5-13(11-19)12-20-18/h3-10,12H,2H2,1H3. The molecule has 0 bridgehead atoms. The van der Waals surface area contributed by atoms with Crippen LogP contribution in [0.2, 0.25) is 0 Å². The topological polar surface area (TPSA) is 70.8 Å². The molecule has 0 aliphatic heterocycles. The van der Waals surface area contributed by atoms with Gasteiger partial charge in [0.1, 0.15) is 6.07 Å². The van der Waals surface area contributed by atoms with Crippen LogP contribution in [0.5, 0.6) is 0 Å². The molecule has 0 saturated carbocycles. The molecule has 4 nitrogen and oxygen atoms in total. The van der Waals surface area contributed by atoms with Crippen LogP contribution in [0.1, 0.15) is 23.2 Å². The van der Waals surface area contributed by atoms with Crippen molar-refractivity contribution < 1.29 is 8.42 Å². The molecular weight excluding hydrogens is 308 g/mol. The highest BCUT2D eigenvalue weighted by molar-refractivity contribution is 7.90. The van der Waals surface area contributed by atoms with Gasteiger partial charge in [0.05, 0.1) is 16.2 Å². The number of benzene rings is 1. The average Bonchev–Trinajstić information content (AvgIpc) is 3.04. The van der Waals surface area contributed by atoms with Gasteiger partial charge in [0.2, 0.25) is 0 Å². The van der Waals surface area contributed by atoms with E-state index < -0.39 is 9.84 Å². The summed E-state index contributed by atoms with van der Waals surface area (Å²) in [5, 5.41) is 8.85. The van der Waals surface area contributed by atoms with E-state index in [0.29, 0.717) is 10.5 Å². The van der Waals surface area contributed by atoms with Crippen molar-refractivity contribution in [3.63, 3.8) is 0 Å². The minimum Gasteiger partial charge on any atom is -0.255 e. The lowest BCUT2D eigenvalue weighted by Gasteiger charge is -2.09. The Balaban J connectivity index is 1.94. The lowest BCUT2D eigenvalue weighted by atomic mass is 9.98. The molecular formula is C18H14N2O2S. The summed E-state index contributed by atoms with van der Waals surface area (Å²) in [7, 11) is -3.19. The van der Waals surface area contributed by atoms with Gasteiger partial charge in [0.15, 0.2) is 9.84 Å². The Morgan fingerprint density at radius 2 is 1.74 bits per heavy atom. The van der Waals surface area contributed by atoms with E-state index in [1.54, 1.807) is 24.4 Å². The molecule has 2 aromatic rings. The van der Waals surface area contributed by atoms with Crippen LogP contribution >= 0.6 is 0 Å². The predicted molar refractivity (Wildman–Crippen MR) is 89.1 cm³/mol. The van der Waals surface area contributed by atoms with Crippen LogP contribution in [-0.2, 0) is 9.84 Å². The molecule has 0 N–H and O–H groups in total. The lowest BCUT2D eigenvalue weighted by molar-refractivity contribution is 0.602. The second-order valence-corrected chi connectivity index (χ2v) is 7.33. The maximum Gasteiger partial charge on any atom is 0.175 e. The van der Waals surface area contributed by atoms with Crippen LogP contribution in [0, 0.1) is 11.3 Å². The lowest BCUT2D eigenvalue weighted by Crippen LogP contribution is -1.97. The third kappa shape index (κ3) is 3.08. The van der Waals surface area contributed by atoms with Crippen LogP contribution in [0.15, 0.2) is 59.6 Å². The van der Waals surface area contributed by atoms with Gasteiger partial charge in [-0.15, -0.1) is 0 Å². The van der Waals surface area contributed by atoms with Gasteiger partial charge in [0, 0.05) is 18.0 Å². The zero-order valence-electron chi connectivity index (χ0n) is 12.5. The normalized spacial score (nSPS) is 14.1. The summed E-state index contributed by atoms with van der Waals surface area (Å²) in [5.74, 6) is 0. The number of pyridine rings is 1. The summed E-state index contributed by atoms with van der Waals surface area (Å²) in [4.78, 5) is 4.64. The number of rotatable bonds is 3. The van der Waals surface area contributed by atoms with Gasteiger partial charge in [0.25, 0.3) is 0 Å². The van der Waals surface area contributed by atoms with E-state index in [9.17, 15) is 8.42 Å². The third-order valence-electron chi connectivity index (χ3n) is 3.70. The van der Waals surface area contributed by atoms with Crippen molar-refractivity contribution in [1.82, 2.24) is 4.98 Å². The quantitative estimate of drug-likeness (QED) is 0.870. The fraction of sp³-hybridized carbons (Fsp3) is 0.111. The Morgan fingerprint density at radius 3 is 2.30 bits per heavy atom. The fourth-order valence-electron chi connectivity index (χ4n) is 2.53. The molecule has 3 rings (SSSR count). The minimum atomic E-state index is -3.19. The number of nitriles is 1. The SMILES string of the molecule is CS(=O)(=O)c1ccc(C2=CCC=C2c2ccc(C#N)cn2)cc1. The molecule has 23 heavy (non-hydrogen) atoms. The number of hydrogen-bond acceptors (Lipinski definition) is 4. The number of sulfone groups is 1. The van der Waals surface area contributed by atoms with E-state index in [0.717, 1.165) is 28.8 Å². The summed E-state index contributed by atoms with van der Waals surface area (Å²) in [6.45, 7) is 0. The fourth-order valence-corrected chi connectivity index (χ4v) is 3.16. The van der Waals surface area contributed by atoms with Crippen LogP contribution in [-0.4, -0.2) is 19.7 Å². The highest BCUT2D eigenvalue weighted by atomic mass is 32.2. The van der Waals surface area contributed by atoms with Crippen LogP contribution in [0.4, 0.5) is 0 Å². The number of aromatic nitrogens is 1. The predicted octanol–water partition coefficient (Wildman–Crippen LogP) is 3.23. The van der Waals surface area contributed by atoms with Crippen molar-refractivity contribution >= 4 is 21.0 Å². The zero-order chi connectivity index (χ0) is 16.4. The first-order chi connectivity index (χ1) is 11.0. The molecule has 0 spiro atoms. The zero-order valence-corrected chi connectivity index (χ0v) is 13.3. The van der Waals surface area contributed by atoms with E-state index in [-0.39, 0.29) is 0 Å². The van der Waals surface area contributed by atoms with Crippen LogP contribution in [0.25, 0.3) is 11.1 Å². The Kier molecular flexibility index (Phi) is 3.85. The third-order valence-corrected chi connectivity index (χ3v) is 4.82. The van der Waals surface area contributed by atoms with Gasteiger partial charge < -0.3 is 0 Å². The molecule has 0 fully saturated rings. The molecule has 5 heteroatoms. The second-order valence-electron chi connectivity index (χ2n) is 5.31. The molecule has 1 aromatic carbocycles. The largest absolute Gasteiger partial charge is 0.255 e. The molecule has 0 radical (unpaired) electrons. The molecule has 1 heterocycles. The van der Waals surface area contributed by atoms with Crippen molar-refractivity contribution in [2.75, 3.05) is 6.26 Å². The van der Waals surface area contributed by atoms with Crippen molar-refractivity contribution in [2.24, 2.45) is 0 Å². The highest BCUT2D eigenvalue weighted by Crippen LogP contribution is 2.35. The summed E-state index contributed by atoms with van der Waals surface area (Å²) in [6, 6.07) is 12.5. The van der Waals surface area contributed by atoms with E-state index in [1.807, 2.05) is 18.2 Å². The van der Waals surface area contributed by atoms with Crippen molar-refractivity contribution in [1.29, 1.82) is 5.26 Å². The summed E-state index contributed by atoms with van der Waals surface area (Å²) in [6.07, 6.45) is 7.72. The van der Waals surface area contributed by atoms with Gasteiger partial charge in [-0.05, 0) is 41.8 Å². The first-order valence-electron chi connectivity index (χ1n) is 7.07. The van der Waals surface area contributed by atoms with Gasteiger partial charge in [-0.3, -0.25) is 4.98 Å². The molecule has 1 aromatic heterocycles. The van der Waals surface area contributed by atoms with Gasteiger partial charge >= 0.3 is 0 Å². The molecule has 0 amide bonds. The van der Waals surface area contributed by atoms with Crippen molar-refractivity contribution in [3.05, 3.63) is 71.6 Å². The van der Waals surface area contributed by atoms with Crippen LogP contribution in [0.3, 0.4) is 0 Å². The van der Waals surface area contributed by atoms with Gasteiger partial charge in [-0.1, -0.05) is 24.3 Å². The average molecular weight is 322 g/mol. The highest BCUT2D eigenvalue weighted by Gasteiger charge is 2.16. The summed E-state index contributed by atoms with van der Waals surface area (Å²) < 4.78 is 23.1. The molecule has 0 saturated heterocycles. The van der Waals surface area contributed by atoms with E-state index in [4.69, 9.17) is 5.26 Å².